The van der Waals surface area contributed by atoms with Gasteiger partial charge in [0.15, 0.2) is 0 Å². The van der Waals surface area contributed by atoms with E-state index in [0.29, 0.717) is 36.7 Å². The molecule has 8 nitrogen and oxygen atoms in total. The number of halogens is 3. The number of carbonyl (C=O) groups excluding carboxylic acids is 1. The monoisotopic (exact) mass is 530 g/mol. The highest BCUT2D eigenvalue weighted by atomic mass is 19.4. The lowest BCUT2D eigenvalue weighted by Gasteiger charge is -2.47. The van der Waals surface area contributed by atoms with Crippen LogP contribution in [-0.4, -0.2) is 100 Å². The zero-order chi connectivity index (χ0) is 26.3. The summed E-state index contributed by atoms with van der Waals surface area (Å²) in [6.07, 6.45) is -4.68. The predicted octanol–water partition coefficient (Wildman–Crippen LogP) is 3.87. The first kappa shape index (κ1) is 27.9. The Morgan fingerprint density at radius 1 is 1.16 bits per heavy atom. The maximum Gasteiger partial charge on any atom is 0.427 e. The van der Waals surface area contributed by atoms with Gasteiger partial charge in [0.05, 0.1) is 39.1 Å². The van der Waals surface area contributed by atoms with Crippen LogP contribution in [0.5, 0.6) is 5.75 Å². The molecule has 0 N–H and O–H groups in total. The number of carbonyl (C=O) groups is 1. The molecule has 2 atom stereocenters. The van der Waals surface area contributed by atoms with Crippen LogP contribution in [-0.2, 0) is 25.6 Å². The maximum atomic E-state index is 13.6. The van der Waals surface area contributed by atoms with E-state index in [1.807, 2.05) is 0 Å². The van der Waals surface area contributed by atoms with Gasteiger partial charge in [0.2, 0.25) is 6.10 Å². The van der Waals surface area contributed by atoms with Gasteiger partial charge in [-0.2, -0.15) is 13.2 Å². The van der Waals surface area contributed by atoms with Gasteiger partial charge < -0.3 is 28.6 Å². The molecule has 11 heteroatoms. The molecule has 1 aromatic rings. The standard InChI is InChI=1S/C26H37F3N2O6/c1-33-22-6-4-20(5-7-22)16-35-18-23(26(27,28)29)37-24(32)31-10-8-25(9-11-31)19-30(12-14-36-25)15-21-3-2-13-34-17-21/h4-7,21,23H,2-3,8-19H2,1H3/t21?,23-/m1/s1. The number of nitrogens with zero attached hydrogens (tertiary/aromatic N) is 2. The van der Waals surface area contributed by atoms with Gasteiger partial charge in [0.1, 0.15) is 5.75 Å². The molecule has 3 aliphatic heterocycles. The second kappa shape index (κ2) is 12.6. The first-order valence-corrected chi connectivity index (χ1v) is 12.9. The highest BCUT2D eigenvalue weighted by Gasteiger charge is 2.46. The minimum absolute atomic E-state index is 0.0405. The van der Waals surface area contributed by atoms with Gasteiger partial charge in [-0.15, -0.1) is 0 Å². The Morgan fingerprint density at radius 3 is 2.57 bits per heavy atom. The van der Waals surface area contributed by atoms with Gasteiger partial charge >= 0.3 is 12.3 Å². The zero-order valence-electron chi connectivity index (χ0n) is 21.3. The molecule has 1 unspecified atom stereocenters. The van der Waals surface area contributed by atoms with Gasteiger partial charge in [-0.05, 0) is 49.3 Å². The number of alkyl halides is 3. The van der Waals surface area contributed by atoms with Crippen LogP contribution in [0.2, 0.25) is 0 Å². The summed E-state index contributed by atoms with van der Waals surface area (Å²) < 4.78 is 67.6. The molecule has 1 spiro atoms. The number of amides is 1. The van der Waals surface area contributed by atoms with Crippen LogP contribution in [0.1, 0.15) is 31.2 Å². The van der Waals surface area contributed by atoms with E-state index in [2.05, 4.69) is 4.90 Å². The van der Waals surface area contributed by atoms with Crippen LogP contribution in [0, 0.1) is 5.92 Å². The van der Waals surface area contributed by atoms with E-state index >= 15 is 0 Å². The number of morpholine rings is 1. The highest BCUT2D eigenvalue weighted by Crippen LogP contribution is 2.32. The lowest BCUT2D eigenvalue weighted by molar-refractivity contribution is -0.221. The number of ether oxygens (including phenoxy) is 5. The van der Waals surface area contributed by atoms with Crippen LogP contribution in [0.15, 0.2) is 24.3 Å². The largest absolute Gasteiger partial charge is 0.497 e. The van der Waals surface area contributed by atoms with Crippen LogP contribution in [0.25, 0.3) is 0 Å². The van der Waals surface area contributed by atoms with Crippen molar-refractivity contribution < 1.29 is 41.7 Å². The van der Waals surface area contributed by atoms with E-state index in [4.69, 9.17) is 23.7 Å². The molecule has 0 aromatic heterocycles. The Morgan fingerprint density at radius 2 is 1.92 bits per heavy atom. The summed E-state index contributed by atoms with van der Waals surface area (Å²) in [5.41, 5.74) is 0.307. The van der Waals surface area contributed by atoms with Crippen LogP contribution in [0.3, 0.4) is 0 Å². The quantitative estimate of drug-likeness (QED) is 0.506. The molecule has 3 aliphatic rings. The van der Waals surface area contributed by atoms with E-state index in [1.165, 1.54) is 12.0 Å². The molecule has 4 rings (SSSR count). The molecule has 37 heavy (non-hydrogen) atoms. The Hall–Kier alpha value is -2.08. The maximum absolute atomic E-state index is 13.6. The molecule has 0 saturated carbocycles. The Labute approximate surface area is 215 Å². The molecule has 3 heterocycles. The zero-order valence-corrected chi connectivity index (χ0v) is 21.3. The van der Waals surface area contributed by atoms with Crippen molar-refractivity contribution in [2.24, 2.45) is 5.92 Å². The summed E-state index contributed by atoms with van der Waals surface area (Å²) in [7, 11) is 1.53. The molecular weight excluding hydrogens is 493 g/mol. The summed E-state index contributed by atoms with van der Waals surface area (Å²) in [6.45, 7) is 4.56. The molecule has 3 fully saturated rings. The summed E-state index contributed by atoms with van der Waals surface area (Å²) in [5.74, 6) is 1.16. The van der Waals surface area contributed by atoms with E-state index in [0.717, 1.165) is 45.7 Å². The number of hydrogen-bond acceptors (Lipinski definition) is 7. The fourth-order valence-corrected chi connectivity index (χ4v) is 5.19. The van der Waals surface area contributed by atoms with Crippen molar-refractivity contribution >= 4 is 6.09 Å². The highest BCUT2D eigenvalue weighted by molar-refractivity contribution is 5.68. The van der Waals surface area contributed by atoms with Gasteiger partial charge in [-0.25, -0.2) is 4.79 Å². The van der Waals surface area contributed by atoms with Crippen molar-refractivity contribution in [3.05, 3.63) is 29.8 Å². The van der Waals surface area contributed by atoms with E-state index in [1.54, 1.807) is 24.3 Å². The van der Waals surface area contributed by atoms with Gasteiger partial charge in [0.25, 0.3) is 0 Å². The number of piperidine rings is 1. The minimum Gasteiger partial charge on any atom is -0.497 e. The third kappa shape index (κ3) is 7.95. The number of benzene rings is 1. The van der Waals surface area contributed by atoms with E-state index in [-0.39, 0.29) is 25.3 Å². The average Bonchev–Trinajstić information content (AvgIpc) is 2.89. The van der Waals surface area contributed by atoms with Gasteiger partial charge in [0, 0.05) is 39.3 Å². The lowest BCUT2D eigenvalue weighted by atomic mass is 9.89. The summed E-state index contributed by atoms with van der Waals surface area (Å²) in [5, 5.41) is 0. The number of rotatable bonds is 8. The summed E-state index contributed by atoms with van der Waals surface area (Å²) in [4.78, 5) is 16.4. The van der Waals surface area contributed by atoms with E-state index in [9.17, 15) is 18.0 Å². The van der Waals surface area contributed by atoms with Crippen molar-refractivity contribution in [3.63, 3.8) is 0 Å². The second-order valence-electron chi connectivity index (χ2n) is 10.1. The summed E-state index contributed by atoms with van der Waals surface area (Å²) in [6, 6.07) is 6.80. The Bertz CT molecular complexity index is 855. The molecular formula is C26H37F3N2O6. The fraction of sp³-hybridized carbons (Fsp3) is 0.731. The predicted molar refractivity (Wildman–Crippen MR) is 128 cm³/mol. The number of methoxy groups -OCH3 is 1. The molecule has 1 amide bonds. The third-order valence-corrected chi connectivity index (χ3v) is 7.34. The number of hydrogen-bond donors (Lipinski definition) is 0. The molecule has 208 valence electrons. The molecule has 0 bridgehead atoms. The van der Waals surface area contributed by atoms with Crippen LogP contribution >= 0.6 is 0 Å². The second-order valence-corrected chi connectivity index (χ2v) is 10.1. The smallest absolute Gasteiger partial charge is 0.427 e. The first-order chi connectivity index (χ1) is 17.8. The van der Waals surface area contributed by atoms with Gasteiger partial charge in [-0.1, -0.05) is 12.1 Å². The summed E-state index contributed by atoms with van der Waals surface area (Å²) >= 11 is 0. The SMILES string of the molecule is COc1ccc(COC[C@@H](OC(=O)N2CCC3(CC2)CN(CC2CCCOC2)CCO3)C(F)(F)F)cc1. The Balaban J connectivity index is 1.24. The van der Waals surface area contributed by atoms with E-state index < -0.39 is 25.0 Å². The normalized spacial score (nSPS) is 23.6. The molecule has 0 aliphatic carbocycles. The number of likely N-dealkylation sites (tertiary alicyclic amines) is 1. The molecule has 0 radical (unpaired) electrons. The van der Waals surface area contributed by atoms with Crippen molar-refractivity contribution in [2.45, 2.75) is 50.2 Å². The topological polar surface area (TPSA) is 69.7 Å². The Kier molecular flexibility index (Phi) is 9.55. The first-order valence-electron chi connectivity index (χ1n) is 12.9. The van der Waals surface area contributed by atoms with Crippen LogP contribution < -0.4 is 4.74 Å². The van der Waals surface area contributed by atoms with Crippen molar-refractivity contribution in [1.82, 2.24) is 9.80 Å². The van der Waals surface area contributed by atoms with Crippen molar-refractivity contribution in [3.8, 4) is 5.75 Å². The lowest BCUT2D eigenvalue weighted by Crippen LogP contribution is -2.58. The average molecular weight is 531 g/mol. The molecule has 3 saturated heterocycles. The van der Waals surface area contributed by atoms with Gasteiger partial charge in [-0.3, -0.25) is 4.90 Å². The fourth-order valence-electron chi connectivity index (χ4n) is 5.19. The third-order valence-electron chi connectivity index (χ3n) is 7.34. The van der Waals surface area contributed by atoms with Crippen LogP contribution in [0.4, 0.5) is 18.0 Å². The van der Waals surface area contributed by atoms with Crippen molar-refractivity contribution in [1.29, 1.82) is 0 Å². The van der Waals surface area contributed by atoms with Crippen molar-refractivity contribution in [2.75, 3.05) is 66.3 Å². The molecule has 1 aromatic carbocycles. The minimum atomic E-state index is -4.73.